The summed E-state index contributed by atoms with van der Waals surface area (Å²) >= 11 is 0. The Balaban J connectivity index is 1.48. The van der Waals surface area contributed by atoms with Gasteiger partial charge in [0, 0.05) is 13.7 Å². The highest BCUT2D eigenvalue weighted by Crippen LogP contribution is 2.59. The van der Waals surface area contributed by atoms with Crippen LogP contribution in [0.3, 0.4) is 0 Å². The number of rotatable bonds is 6. The van der Waals surface area contributed by atoms with Crippen molar-refractivity contribution in [1.29, 1.82) is 0 Å². The number of benzene rings is 1. The van der Waals surface area contributed by atoms with E-state index in [1.165, 1.54) is 19.0 Å². The Labute approximate surface area is 184 Å². The second kappa shape index (κ2) is 8.49. The van der Waals surface area contributed by atoms with Crippen molar-refractivity contribution in [2.45, 2.75) is 31.0 Å². The van der Waals surface area contributed by atoms with Gasteiger partial charge in [0.05, 0.1) is 0 Å². The van der Waals surface area contributed by atoms with E-state index in [0.29, 0.717) is 23.7 Å². The SMILES string of the molecule is COC1[C@H](n2c(NCCc3ccccc3)nc3c(N)ncnc32)O[C@@H]2CO[P+](O)(O)O[C@@H]12. The molecule has 0 radical (unpaired) electrons. The van der Waals surface area contributed by atoms with Crippen LogP contribution in [-0.2, 0) is 24.9 Å². The van der Waals surface area contributed by atoms with E-state index in [0.717, 1.165) is 6.42 Å². The number of fused-ring (bicyclic) bond motifs is 2. The average molecular weight is 463 g/mol. The Morgan fingerprint density at radius 2 is 2.09 bits per heavy atom. The maximum atomic E-state index is 9.88. The van der Waals surface area contributed by atoms with E-state index in [9.17, 15) is 9.79 Å². The van der Waals surface area contributed by atoms with Gasteiger partial charge in [-0.15, -0.1) is 4.52 Å². The summed E-state index contributed by atoms with van der Waals surface area (Å²) in [5, 5.41) is 3.33. The maximum absolute atomic E-state index is 9.88. The predicted octanol–water partition coefficient (Wildman–Crippen LogP) is 1.05. The fourth-order valence-electron chi connectivity index (χ4n) is 4.04. The van der Waals surface area contributed by atoms with Gasteiger partial charge in [0.2, 0.25) is 5.95 Å². The van der Waals surface area contributed by atoms with Gasteiger partial charge < -0.3 is 20.5 Å². The molecule has 0 bridgehead atoms. The Kier molecular flexibility index (Phi) is 5.68. The molecule has 13 heteroatoms. The molecule has 1 unspecified atom stereocenters. The second-order valence-corrected chi connectivity index (χ2v) is 8.97. The number of nitrogens with one attached hydrogen (secondary N) is 1. The van der Waals surface area contributed by atoms with Gasteiger partial charge in [0.25, 0.3) is 0 Å². The number of imidazole rings is 1. The predicted molar refractivity (Wildman–Crippen MR) is 115 cm³/mol. The van der Waals surface area contributed by atoms with Crippen LogP contribution in [0.5, 0.6) is 0 Å². The summed E-state index contributed by atoms with van der Waals surface area (Å²) in [6.45, 7) is 0.557. The molecule has 2 aliphatic rings. The summed E-state index contributed by atoms with van der Waals surface area (Å²) in [5.41, 5.74) is 8.10. The third-order valence-electron chi connectivity index (χ3n) is 5.52. The second-order valence-electron chi connectivity index (χ2n) is 7.52. The van der Waals surface area contributed by atoms with Crippen molar-refractivity contribution in [2.24, 2.45) is 0 Å². The molecule has 12 nitrogen and oxygen atoms in total. The standard InChI is InChI=1S/C19H24N6O6P/c1-28-15-14-12(9-29-32(26,27)31-14)30-18(15)25-17-13(16(20)22-10-23-17)24-19(25)21-8-7-11-5-3-2-4-6-11/h2-6,10,12,14-15,18,26-27H,7-9H2,1H3,(H,21,24)(H2,20,22,23)/q+1/t12-,14-,15?,18-/m1/s1. The zero-order valence-electron chi connectivity index (χ0n) is 17.2. The van der Waals surface area contributed by atoms with Crippen LogP contribution in [0.4, 0.5) is 11.8 Å². The molecular formula is C19H24N6O6P+. The molecule has 0 saturated carbocycles. The Morgan fingerprint density at radius 1 is 1.28 bits per heavy atom. The summed E-state index contributed by atoms with van der Waals surface area (Å²) in [5.74, 6) is 0.711. The fourth-order valence-corrected chi connectivity index (χ4v) is 5.02. The minimum Gasteiger partial charge on any atom is -0.382 e. The molecule has 3 aromatic rings. The van der Waals surface area contributed by atoms with Gasteiger partial charge in [-0.25, -0.2) is 15.0 Å². The first kappa shape index (κ1) is 21.4. The van der Waals surface area contributed by atoms with Gasteiger partial charge in [-0.3, -0.25) is 4.57 Å². The minimum atomic E-state index is -3.93. The van der Waals surface area contributed by atoms with Crippen LogP contribution in [0.25, 0.3) is 11.2 Å². The molecule has 4 heterocycles. The smallest absolute Gasteiger partial charge is 0.382 e. The highest BCUT2D eigenvalue weighted by atomic mass is 31.2. The van der Waals surface area contributed by atoms with Crippen LogP contribution in [0.2, 0.25) is 0 Å². The van der Waals surface area contributed by atoms with Crippen LogP contribution in [0.15, 0.2) is 36.7 Å². The molecule has 0 amide bonds. The molecule has 2 fully saturated rings. The van der Waals surface area contributed by atoms with E-state index >= 15 is 0 Å². The molecule has 0 spiro atoms. The quantitative estimate of drug-likeness (QED) is 0.387. The molecule has 5 rings (SSSR count). The van der Waals surface area contributed by atoms with Gasteiger partial charge in [-0.05, 0) is 12.0 Å². The van der Waals surface area contributed by atoms with Crippen molar-refractivity contribution >= 4 is 31.1 Å². The fraction of sp³-hybridized carbons (Fsp3) is 0.421. The maximum Gasteiger partial charge on any atom is 0.570 e. The molecule has 1 aromatic carbocycles. The van der Waals surface area contributed by atoms with Crippen molar-refractivity contribution in [3.63, 3.8) is 0 Å². The van der Waals surface area contributed by atoms with Crippen molar-refractivity contribution in [1.82, 2.24) is 19.5 Å². The lowest BCUT2D eigenvalue weighted by Gasteiger charge is -2.26. The van der Waals surface area contributed by atoms with E-state index in [1.807, 2.05) is 18.2 Å². The van der Waals surface area contributed by atoms with E-state index in [4.69, 9.17) is 24.3 Å². The normalized spacial score (nSPS) is 26.8. The van der Waals surface area contributed by atoms with Gasteiger partial charge in [-0.2, -0.15) is 14.3 Å². The first-order chi connectivity index (χ1) is 15.5. The summed E-state index contributed by atoms with van der Waals surface area (Å²) in [7, 11) is -2.42. The Hall–Kier alpha value is -2.44. The lowest BCUT2D eigenvalue weighted by molar-refractivity contribution is -0.0745. The van der Waals surface area contributed by atoms with Gasteiger partial charge >= 0.3 is 8.17 Å². The van der Waals surface area contributed by atoms with Gasteiger partial charge in [0.1, 0.15) is 25.1 Å². The van der Waals surface area contributed by atoms with Gasteiger partial charge in [0.15, 0.2) is 29.3 Å². The summed E-state index contributed by atoms with van der Waals surface area (Å²) < 4.78 is 24.0. The molecule has 32 heavy (non-hydrogen) atoms. The Morgan fingerprint density at radius 3 is 2.88 bits per heavy atom. The van der Waals surface area contributed by atoms with E-state index in [2.05, 4.69) is 32.4 Å². The van der Waals surface area contributed by atoms with Crippen molar-refractivity contribution in [3.05, 3.63) is 42.2 Å². The molecule has 0 aliphatic carbocycles. The first-order valence-electron chi connectivity index (χ1n) is 10.1. The van der Waals surface area contributed by atoms with Crippen molar-refractivity contribution < 1.29 is 28.3 Å². The molecule has 2 aromatic heterocycles. The minimum absolute atomic E-state index is 0.0394. The molecular weight excluding hydrogens is 439 g/mol. The number of anilines is 2. The number of nitrogens with zero attached hydrogens (tertiary/aromatic N) is 4. The van der Waals surface area contributed by atoms with Gasteiger partial charge in [-0.1, -0.05) is 30.3 Å². The number of hydrogen-bond donors (Lipinski definition) is 4. The third kappa shape index (κ3) is 3.90. The number of aromatic nitrogens is 4. The lowest BCUT2D eigenvalue weighted by atomic mass is 10.1. The third-order valence-corrected chi connectivity index (χ3v) is 6.53. The Bertz CT molecular complexity index is 1100. The molecule has 2 saturated heterocycles. The summed E-state index contributed by atoms with van der Waals surface area (Å²) in [4.78, 5) is 32.8. The number of ether oxygens (including phenoxy) is 2. The van der Waals surface area contributed by atoms with E-state index in [-0.39, 0.29) is 12.4 Å². The highest BCUT2D eigenvalue weighted by Gasteiger charge is 2.60. The zero-order valence-corrected chi connectivity index (χ0v) is 18.1. The highest BCUT2D eigenvalue weighted by molar-refractivity contribution is 7.54. The first-order valence-corrected chi connectivity index (χ1v) is 11.6. The molecule has 4 atom stereocenters. The number of methoxy groups -OCH3 is 1. The topological polar surface area (TPSA) is 159 Å². The average Bonchev–Trinajstić information content (AvgIpc) is 3.31. The molecule has 5 N–H and O–H groups in total. The molecule has 170 valence electrons. The summed E-state index contributed by atoms with van der Waals surface area (Å²) in [6, 6.07) is 10.1. The van der Waals surface area contributed by atoms with Crippen LogP contribution in [-0.4, -0.2) is 67.9 Å². The van der Waals surface area contributed by atoms with Crippen LogP contribution >= 0.6 is 8.17 Å². The number of nitrogens with two attached hydrogens (primary N) is 1. The largest absolute Gasteiger partial charge is 0.570 e. The van der Waals surface area contributed by atoms with Crippen molar-refractivity contribution in [3.8, 4) is 0 Å². The van der Waals surface area contributed by atoms with E-state index in [1.54, 1.807) is 4.57 Å². The van der Waals surface area contributed by atoms with Crippen LogP contribution < -0.4 is 11.1 Å². The van der Waals surface area contributed by atoms with Crippen molar-refractivity contribution in [2.75, 3.05) is 31.3 Å². The number of hydrogen-bond acceptors (Lipinski definition) is 11. The zero-order chi connectivity index (χ0) is 22.3. The lowest BCUT2D eigenvalue weighted by Crippen LogP contribution is -2.41. The monoisotopic (exact) mass is 463 g/mol. The number of nitrogen functional groups attached to an aromatic ring is 1. The summed E-state index contributed by atoms with van der Waals surface area (Å²) in [6.07, 6.45) is -0.581. The molecule has 2 aliphatic heterocycles. The van der Waals surface area contributed by atoms with Crippen LogP contribution in [0.1, 0.15) is 11.8 Å². The van der Waals surface area contributed by atoms with Crippen LogP contribution in [0, 0.1) is 0 Å². The van der Waals surface area contributed by atoms with E-state index < -0.39 is 32.7 Å².